The minimum absolute atomic E-state index is 0.0388. The Labute approximate surface area is 141 Å². The maximum atomic E-state index is 12.5. The first kappa shape index (κ1) is 15.8. The van der Waals surface area contributed by atoms with E-state index in [1.54, 1.807) is 29.2 Å². The van der Waals surface area contributed by atoms with Crippen LogP contribution < -0.4 is 10.5 Å². The number of carbonyl (C=O) groups is 1. The second-order valence-corrected chi connectivity index (χ2v) is 6.04. The van der Waals surface area contributed by atoms with Gasteiger partial charge in [-0.2, -0.15) is 9.78 Å². The number of hydrogen-bond acceptors (Lipinski definition) is 4. The van der Waals surface area contributed by atoms with Crippen molar-refractivity contribution in [1.29, 1.82) is 0 Å². The van der Waals surface area contributed by atoms with Crippen molar-refractivity contribution >= 4 is 34.9 Å². The minimum atomic E-state index is -0.930. The van der Waals surface area contributed by atoms with Crippen LogP contribution in [0.3, 0.4) is 0 Å². The van der Waals surface area contributed by atoms with Crippen LogP contribution in [-0.2, 0) is 4.79 Å². The Morgan fingerprint density at radius 2 is 1.96 bits per heavy atom. The normalized spacial score (nSPS) is 17.5. The van der Waals surface area contributed by atoms with Crippen LogP contribution in [0.4, 0.5) is 5.69 Å². The van der Waals surface area contributed by atoms with Crippen molar-refractivity contribution in [1.82, 2.24) is 9.78 Å². The monoisotopic (exact) mass is 353 g/mol. The Kier molecular flexibility index (Phi) is 4.28. The van der Waals surface area contributed by atoms with E-state index in [0.717, 1.165) is 11.1 Å². The van der Waals surface area contributed by atoms with Crippen molar-refractivity contribution in [2.75, 3.05) is 11.4 Å². The van der Waals surface area contributed by atoms with Crippen molar-refractivity contribution in [3.8, 4) is 5.69 Å². The molecule has 1 fully saturated rings. The molecular formula is C15H13Cl2N3O3. The third kappa shape index (κ3) is 2.92. The zero-order valence-corrected chi connectivity index (χ0v) is 13.5. The fraction of sp³-hybridized carbons (Fsp3) is 0.267. The van der Waals surface area contributed by atoms with Crippen molar-refractivity contribution in [3.05, 3.63) is 50.9 Å². The maximum Gasteiger partial charge on any atom is 0.326 e. The third-order valence-corrected chi connectivity index (χ3v) is 4.43. The molecule has 0 spiro atoms. The van der Waals surface area contributed by atoms with Gasteiger partial charge in [0, 0.05) is 11.6 Å². The van der Waals surface area contributed by atoms with E-state index >= 15 is 0 Å². The molecule has 0 radical (unpaired) electrons. The van der Waals surface area contributed by atoms with Crippen molar-refractivity contribution in [3.63, 3.8) is 0 Å². The number of rotatable bonds is 3. The number of carboxylic acids is 1. The molecular weight excluding hydrogens is 341 g/mol. The number of carboxylic acid groups (broad SMARTS) is 1. The second-order valence-electron chi connectivity index (χ2n) is 5.23. The fourth-order valence-electron chi connectivity index (χ4n) is 2.70. The van der Waals surface area contributed by atoms with Crippen LogP contribution in [0.2, 0.25) is 10.0 Å². The lowest BCUT2D eigenvalue weighted by Crippen LogP contribution is -2.37. The number of hydrogen-bond donors (Lipinski definition) is 1. The predicted octanol–water partition coefficient (Wildman–Crippen LogP) is 2.59. The highest BCUT2D eigenvalue weighted by Gasteiger charge is 2.32. The molecule has 23 heavy (non-hydrogen) atoms. The smallest absolute Gasteiger partial charge is 0.326 e. The van der Waals surface area contributed by atoms with E-state index in [2.05, 4.69) is 5.10 Å². The first-order valence-electron chi connectivity index (χ1n) is 7.02. The summed E-state index contributed by atoms with van der Waals surface area (Å²) in [5.41, 5.74) is 0.387. The van der Waals surface area contributed by atoms with Gasteiger partial charge in [0.05, 0.1) is 17.6 Å². The molecule has 1 aromatic carbocycles. The molecule has 120 valence electrons. The van der Waals surface area contributed by atoms with Gasteiger partial charge in [-0.3, -0.25) is 4.79 Å². The molecule has 2 heterocycles. The lowest BCUT2D eigenvalue weighted by molar-refractivity contribution is -0.138. The van der Waals surface area contributed by atoms with E-state index in [0.29, 0.717) is 29.4 Å². The summed E-state index contributed by atoms with van der Waals surface area (Å²) in [4.78, 5) is 25.4. The Bertz CT molecular complexity index is 805. The van der Waals surface area contributed by atoms with E-state index < -0.39 is 17.6 Å². The van der Waals surface area contributed by atoms with Gasteiger partial charge in [-0.1, -0.05) is 23.2 Å². The Morgan fingerprint density at radius 3 is 2.61 bits per heavy atom. The largest absolute Gasteiger partial charge is 0.480 e. The molecule has 0 saturated carbocycles. The number of anilines is 1. The van der Waals surface area contributed by atoms with Crippen LogP contribution in [0.1, 0.15) is 12.8 Å². The molecule has 0 amide bonds. The first-order chi connectivity index (χ1) is 11.0. The van der Waals surface area contributed by atoms with Gasteiger partial charge >= 0.3 is 5.97 Å². The second kappa shape index (κ2) is 6.22. The molecule has 1 unspecified atom stereocenters. The van der Waals surface area contributed by atoms with Crippen LogP contribution in [0.15, 0.2) is 35.3 Å². The van der Waals surface area contributed by atoms with E-state index in [-0.39, 0.29) is 5.02 Å². The molecule has 3 rings (SSSR count). The number of aliphatic carboxylic acids is 1. The zero-order valence-electron chi connectivity index (χ0n) is 11.9. The van der Waals surface area contributed by atoms with Crippen LogP contribution in [0.5, 0.6) is 0 Å². The lowest BCUT2D eigenvalue weighted by atomic mass is 10.2. The van der Waals surface area contributed by atoms with Gasteiger partial charge in [0.15, 0.2) is 0 Å². The highest BCUT2D eigenvalue weighted by atomic mass is 35.5. The van der Waals surface area contributed by atoms with Crippen molar-refractivity contribution < 1.29 is 9.90 Å². The summed E-state index contributed by atoms with van der Waals surface area (Å²) >= 11 is 12.0. The highest BCUT2D eigenvalue weighted by Crippen LogP contribution is 2.29. The average molecular weight is 354 g/mol. The Balaban J connectivity index is 2.03. The lowest BCUT2D eigenvalue weighted by Gasteiger charge is -2.24. The van der Waals surface area contributed by atoms with Gasteiger partial charge in [0.2, 0.25) is 0 Å². The molecule has 1 aliphatic rings. The van der Waals surface area contributed by atoms with Gasteiger partial charge < -0.3 is 10.0 Å². The Morgan fingerprint density at radius 1 is 1.26 bits per heavy atom. The fourth-order valence-corrected chi connectivity index (χ4v) is 3.07. The standard InChI is InChI=1S/C15H13Cl2N3O3/c16-9-3-5-10(6-4-9)20-14(21)13(17)12(8-18-20)19-7-1-2-11(19)15(22)23/h3-6,8,11H,1-2,7H2,(H,22,23). The van der Waals surface area contributed by atoms with E-state index in [9.17, 15) is 14.7 Å². The van der Waals surface area contributed by atoms with Crippen LogP contribution >= 0.6 is 23.2 Å². The zero-order chi connectivity index (χ0) is 16.6. The molecule has 1 N–H and O–H groups in total. The number of aromatic nitrogens is 2. The van der Waals surface area contributed by atoms with E-state index in [1.165, 1.54) is 6.20 Å². The van der Waals surface area contributed by atoms with Crippen LogP contribution in [0.25, 0.3) is 5.69 Å². The SMILES string of the molecule is O=C(O)C1CCCN1c1cnn(-c2ccc(Cl)cc2)c(=O)c1Cl. The van der Waals surface area contributed by atoms with Gasteiger partial charge in [-0.25, -0.2) is 4.79 Å². The van der Waals surface area contributed by atoms with Crippen molar-refractivity contribution in [2.24, 2.45) is 0 Å². The molecule has 1 saturated heterocycles. The summed E-state index contributed by atoms with van der Waals surface area (Å²) in [7, 11) is 0. The maximum absolute atomic E-state index is 12.5. The van der Waals surface area contributed by atoms with E-state index in [4.69, 9.17) is 23.2 Å². The van der Waals surface area contributed by atoms with E-state index in [1.807, 2.05) is 0 Å². The van der Waals surface area contributed by atoms with Gasteiger partial charge in [-0.05, 0) is 37.1 Å². The number of halogens is 2. The molecule has 2 aromatic rings. The summed E-state index contributed by atoms with van der Waals surface area (Å²) in [6, 6.07) is 5.92. The number of benzene rings is 1. The van der Waals surface area contributed by atoms with Crippen molar-refractivity contribution in [2.45, 2.75) is 18.9 Å². The summed E-state index contributed by atoms with van der Waals surface area (Å²) < 4.78 is 1.16. The predicted molar refractivity (Wildman–Crippen MR) is 87.9 cm³/mol. The highest BCUT2D eigenvalue weighted by molar-refractivity contribution is 6.33. The molecule has 1 aliphatic heterocycles. The third-order valence-electron chi connectivity index (χ3n) is 3.82. The van der Waals surface area contributed by atoms with Crippen LogP contribution in [0, 0.1) is 0 Å². The van der Waals surface area contributed by atoms with Gasteiger partial charge in [-0.15, -0.1) is 0 Å². The van der Waals surface area contributed by atoms with Crippen LogP contribution in [-0.4, -0.2) is 33.4 Å². The summed E-state index contributed by atoms with van der Waals surface area (Å²) in [6.45, 7) is 0.531. The molecule has 0 aliphatic carbocycles. The molecule has 1 aromatic heterocycles. The summed E-state index contributed by atoms with van der Waals surface area (Å²) in [5, 5.41) is 13.9. The minimum Gasteiger partial charge on any atom is -0.480 e. The molecule has 8 heteroatoms. The molecule has 0 bridgehead atoms. The van der Waals surface area contributed by atoms with Gasteiger partial charge in [0.1, 0.15) is 11.1 Å². The average Bonchev–Trinajstić information content (AvgIpc) is 3.00. The Hall–Kier alpha value is -2.05. The molecule has 6 nitrogen and oxygen atoms in total. The quantitative estimate of drug-likeness (QED) is 0.917. The topological polar surface area (TPSA) is 75.4 Å². The molecule has 1 atom stereocenters. The summed E-state index contributed by atoms with van der Waals surface area (Å²) in [5.74, 6) is -0.930. The van der Waals surface area contributed by atoms with Gasteiger partial charge in [0.25, 0.3) is 5.56 Å². The number of nitrogens with zero attached hydrogens (tertiary/aromatic N) is 3. The summed E-state index contributed by atoms with van der Waals surface area (Å²) in [6.07, 6.45) is 2.68. The first-order valence-corrected chi connectivity index (χ1v) is 7.78.